The number of hydrogen-bond donors (Lipinski definition) is 2. The highest BCUT2D eigenvalue weighted by Gasteiger charge is 2.11. The molecule has 4 N–H and O–H groups in total. The van der Waals surface area contributed by atoms with Crippen molar-refractivity contribution in [3.8, 4) is 5.75 Å². The van der Waals surface area contributed by atoms with Crippen LogP contribution < -0.4 is 16.2 Å². The van der Waals surface area contributed by atoms with E-state index in [2.05, 4.69) is 0 Å². The highest BCUT2D eigenvalue weighted by Crippen LogP contribution is 2.17. The molecule has 0 heterocycles. The summed E-state index contributed by atoms with van der Waals surface area (Å²) in [5.74, 6) is 0.536. The zero-order chi connectivity index (χ0) is 15.0. The van der Waals surface area contributed by atoms with Gasteiger partial charge in [0.2, 0.25) is 5.91 Å². The van der Waals surface area contributed by atoms with Crippen molar-refractivity contribution in [3.05, 3.63) is 29.8 Å². The van der Waals surface area contributed by atoms with Gasteiger partial charge in [-0.3, -0.25) is 9.69 Å². The molecule has 1 amide bonds. The van der Waals surface area contributed by atoms with Crippen molar-refractivity contribution in [3.63, 3.8) is 0 Å². The first-order valence-electron chi connectivity index (χ1n) is 6.97. The Labute approximate surface area is 120 Å². The fourth-order valence-corrected chi connectivity index (χ4v) is 1.98. The van der Waals surface area contributed by atoms with Crippen LogP contribution in [0.2, 0.25) is 0 Å². The Kier molecular flexibility index (Phi) is 7.04. The largest absolute Gasteiger partial charge is 0.493 e. The van der Waals surface area contributed by atoms with Gasteiger partial charge >= 0.3 is 0 Å². The zero-order valence-corrected chi connectivity index (χ0v) is 12.3. The molecule has 20 heavy (non-hydrogen) atoms. The van der Waals surface area contributed by atoms with Gasteiger partial charge in [-0.25, -0.2) is 0 Å². The van der Waals surface area contributed by atoms with Crippen molar-refractivity contribution < 1.29 is 9.53 Å². The first-order chi connectivity index (χ1) is 9.54. The summed E-state index contributed by atoms with van der Waals surface area (Å²) in [4.78, 5) is 13.0. The molecule has 0 aliphatic carbocycles. The highest BCUT2D eigenvalue weighted by atomic mass is 16.5. The molecule has 5 heteroatoms. The summed E-state index contributed by atoms with van der Waals surface area (Å²) < 4.78 is 5.74. The van der Waals surface area contributed by atoms with Gasteiger partial charge in [0.15, 0.2) is 0 Å². The first kappa shape index (κ1) is 16.5. The molecule has 112 valence electrons. The normalized spacial score (nSPS) is 11.1. The monoisotopic (exact) mass is 279 g/mol. The number of nitrogens with two attached hydrogens (primary N) is 2. The molecule has 1 aromatic carbocycles. The van der Waals surface area contributed by atoms with Crippen molar-refractivity contribution in [1.82, 2.24) is 4.90 Å². The van der Waals surface area contributed by atoms with Crippen LogP contribution in [0.1, 0.15) is 25.8 Å². The first-order valence-corrected chi connectivity index (χ1v) is 6.97. The van der Waals surface area contributed by atoms with Crippen molar-refractivity contribution in [2.24, 2.45) is 11.5 Å². The van der Waals surface area contributed by atoms with Gasteiger partial charge in [-0.2, -0.15) is 0 Å². The van der Waals surface area contributed by atoms with Gasteiger partial charge in [-0.1, -0.05) is 18.2 Å². The number of carbonyl (C=O) groups is 1. The SMILES string of the molecule is CC(C)N(CCCOc1ccccc1CN)CC(N)=O. The van der Waals surface area contributed by atoms with Crippen LogP contribution in [-0.4, -0.2) is 36.5 Å². The molecular weight excluding hydrogens is 254 g/mol. The maximum atomic E-state index is 11.0. The van der Waals surface area contributed by atoms with Crippen molar-refractivity contribution in [2.45, 2.75) is 32.9 Å². The van der Waals surface area contributed by atoms with Gasteiger partial charge in [0.05, 0.1) is 13.2 Å². The predicted molar refractivity (Wildman–Crippen MR) is 80.3 cm³/mol. The third-order valence-corrected chi connectivity index (χ3v) is 3.13. The molecule has 0 aromatic heterocycles. The van der Waals surface area contributed by atoms with Gasteiger partial charge in [0.25, 0.3) is 0 Å². The van der Waals surface area contributed by atoms with Crippen molar-refractivity contribution in [1.29, 1.82) is 0 Å². The van der Waals surface area contributed by atoms with E-state index in [1.807, 2.05) is 43.0 Å². The second kappa shape index (κ2) is 8.55. The molecule has 0 aliphatic heterocycles. The lowest BCUT2D eigenvalue weighted by Gasteiger charge is -2.24. The number of rotatable bonds is 9. The minimum atomic E-state index is -0.298. The van der Waals surface area contributed by atoms with Crippen LogP contribution in [0.25, 0.3) is 0 Å². The molecular formula is C15H25N3O2. The van der Waals surface area contributed by atoms with Gasteiger partial charge in [-0.05, 0) is 26.3 Å². The molecule has 0 spiro atoms. The average molecular weight is 279 g/mol. The number of primary amides is 1. The molecule has 0 atom stereocenters. The average Bonchev–Trinajstić information content (AvgIpc) is 2.42. The van der Waals surface area contributed by atoms with Gasteiger partial charge in [0, 0.05) is 24.7 Å². The van der Waals surface area contributed by atoms with Crippen LogP contribution in [0.3, 0.4) is 0 Å². The second-order valence-electron chi connectivity index (χ2n) is 5.04. The number of ether oxygens (including phenoxy) is 1. The fraction of sp³-hybridized carbons (Fsp3) is 0.533. The number of nitrogens with zero attached hydrogens (tertiary/aromatic N) is 1. The Hall–Kier alpha value is -1.59. The number of para-hydroxylation sites is 1. The minimum Gasteiger partial charge on any atom is -0.493 e. The van der Waals surface area contributed by atoms with Crippen LogP contribution in [0.4, 0.5) is 0 Å². The highest BCUT2D eigenvalue weighted by molar-refractivity contribution is 5.75. The van der Waals surface area contributed by atoms with E-state index in [-0.39, 0.29) is 12.5 Å². The lowest BCUT2D eigenvalue weighted by atomic mass is 10.2. The lowest BCUT2D eigenvalue weighted by molar-refractivity contribution is -0.119. The number of carbonyl (C=O) groups excluding carboxylic acids is 1. The van der Waals surface area contributed by atoms with Crippen LogP contribution in [0, 0.1) is 0 Å². The van der Waals surface area contributed by atoms with Crippen LogP contribution in [0.15, 0.2) is 24.3 Å². The molecule has 0 radical (unpaired) electrons. The fourth-order valence-electron chi connectivity index (χ4n) is 1.98. The minimum absolute atomic E-state index is 0.289. The summed E-state index contributed by atoms with van der Waals surface area (Å²) in [6.45, 7) is 6.23. The van der Waals surface area contributed by atoms with E-state index in [9.17, 15) is 4.79 Å². The lowest BCUT2D eigenvalue weighted by Crippen LogP contribution is -2.39. The molecule has 0 bridgehead atoms. The topological polar surface area (TPSA) is 81.6 Å². The quantitative estimate of drug-likeness (QED) is 0.663. The molecule has 0 saturated carbocycles. The Morgan fingerprint density at radius 1 is 1.35 bits per heavy atom. The van der Waals surface area contributed by atoms with Crippen molar-refractivity contribution in [2.75, 3.05) is 19.7 Å². The third-order valence-electron chi connectivity index (χ3n) is 3.13. The third kappa shape index (κ3) is 5.59. The van der Waals surface area contributed by atoms with Gasteiger partial charge in [0.1, 0.15) is 5.75 Å². The van der Waals surface area contributed by atoms with E-state index in [4.69, 9.17) is 16.2 Å². The maximum absolute atomic E-state index is 11.0. The number of amides is 1. The summed E-state index contributed by atoms with van der Waals surface area (Å²) >= 11 is 0. The summed E-state index contributed by atoms with van der Waals surface area (Å²) in [5.41, 5.74) is 11.9. The van der Waals surface area contributed by atoms with Crippen LogP contribution >= 0.6 is 0 Å². The van der Waals surface area contributed by atoms with E-state index < -0.39 is 0 Å². The Bertz CT molecular complexity index is 421. The second-order valence-corrected chi connectivity index (χ2v) is 5.04. The van der Waals surface area contributed by atoms with E-state index in [0.29, 0.717) is 19.2 Å². The zero-order valence-electron chi connectivity index (χ0n) is 12.3. The smallest absolute Gasteiger partial charge is 0.231 e. The van der Waals surface area contributed by atoms with Gasteiger partial charge < -0.3 is 16.2 Å². The molecule has 1 rings (SSSR count). The summed E-state index contributed by atoms with van der Waals surface area (Å²) in [5, 5.41) is 0. The van der Waals surface area contributed by atoms with E-state index in [0.717, 1.165) is 24.3 Å². The van der Waals surface area contributed by atoms with Crippen LogP contribution in [0.5, 0.6) is 5.75 Å². The van der Waals surface area contributed by atoms with Crippen molar-refractivity contribution >= 4 is 5.91 Å². The standard InChI is InChI=1S/C15H25N3O2/c1-12(2)18(11-15(17)19)8-5-9-20-14-7-4-3-6-13(14)10-16/h3-4,6-7,12H,5,8-11,16H2,1-2H3,(H2,17,19). The summed E-state index contributed by atoms with van der Waals surface area (Å²) in [6, 6.07) is 8.05. The Balaban J connectivity index is 2.38. The van der Waals surface area contributed by atoms with E-state index in [1.54, 1.807) is 0 Å². The van der Waals surface area contributed by atoms with E-state index >= 15 is 0 Å². The van der Waals surface area contributed by atoms with E-state index in [1.165, 1.54) is 0 Å². The van der Waals surface area contributed by atoms with Crippen LogP contribution in [-0.2, 0) is 11.3 Å². The summed E-state index contributed by atoms with van der Waals surface area (Å²) in [6.07, 6.45) is 0.838. The van der Waals surface area contributed by atoms with Gasteiger partial charge in [-0.15, -0.1) is 0 Å². The molecule has 0 unspecified atom stereocenters. The molecule has 5 nitrogen and oxygen atoms in total. The predicted octanol–water partition coefficient (Wildman–Crippen LogP) is 1.11. The molecule has 0 fully saturated rings. The number of benzene rings is 1. The number of hydrogen-bond acceptors (Lipinski definition) is 4. The summed E-state index contributed by atoms with van der Waals surface area (Å²) in [7, 11) is 0. The molecule has 0 aliphatic rings. The molecule has 0 saturated heterocycles. The molecule has 1 aromatic rings. The Morgan fingerprint density at radius 2 is 2.05 bits per heavy atom. The maximum Gasteiger partial charge on any atom is 0.231 e. The Morgan fingerprint density at radius 3 is 2.65 bits per heavy atom.